The molecular formula is C19H32F2O4. The summed E-state index contributed by atoms with van der Waals surface area (Å²) in [6, 6.07) is 0. The SMILES string of the molecule is COC(=O)C1(CCCCCCCCOC2CCCCO2)CC(F)(F)C1. The van der Waals surface area contributed by atoms with Crippen LogP contribution in [0.5, 0.6) is 0 Å². The Labute approximate surface area is 149 Å². The van der Waals surface area contributed by atoms with Crippen molar-refractivity contribution in [2.45, 2.75) is 89.3 Å². The van der Waals surface area contributed by atoms with Crippen LogP contribution in [0.4, 0.5) is 8.78 Å². The van der Waals surface area contributed by atoms with Gasteiger partial charge in [-0.15, -0.1) is 0 Å². The van der Waals surface area contributed by atoms with Crippen LogP contribution in [0.3, 0.4) is 0 Å². The van der Waals surface area contributed by atoms with Crippen LogP contribution in [0.15, 0.2) is 0 Å². The molecule has 2 aliphatic rings. The molecule has 1 atom stereocenters. The van der Waals surface area contributed by atoms with Gasteiger partial charge in [-0.1, -0.05) is 32.1 Å². The van der Waals surface area contributed by atoms with Gasteiger partial charge in [0.15, 0.2) is 6.29 Å². The third-order valence-electron chi connectivity index (χ3n) is 5.30. The topological polar surface area (TPSA) is 44.8 Å². The van der Waals surface area contributed by atoms with Gasteiger partial charge < -0.3 is 14.2 Å². The van der Waals surface area contributed by atoms with Gasteiger partial charge in [0, 0.05) is 26.1 Å². The average molecular weight is 362 g/mol. The minimum atomic E-state index is -2.70. The summed E-state index contributed by atoms with van der Waals surface area (Å²) in [5.74, 6) is -3.17. The minimum absolute atomic E-state index is 0.0103. The number of ether oxygens (including phenoxy) is 3. The van der Waals surface area contributed by atoms with E-state index in [1.54, 1.807) is 0 Å². The third-order valence-corrected chi connectivity index (χ3v) is 5.30. The number of halogens is 2. The molecule has 0 spiro atoms. The number of hydrogen-bond acceptors (Lipinski definition) is 4. The van der Waals surface area contributed by atoms with Crippen molar-refractivity contribution in [3.05, 3.63) is 0 Å². The second-order valence-electron chi connectivity index (χ2n) is 7.52. The van der Waals surface area contributed by atoms with Crippen molar-refractivity contribution in [1.29, 1.82) is 0 Å². The smallest absolute Gasteiger partial charge is 0.312 e. The van der Waals surface area contributed by atoms with Gasteiger partial charge in [-0.3, -0.25) is 4.79 Å². The first kappa shape index (κ1) is 20.6. The van der Waals surface area contributed by atoms with E-state index >= 15 is 0 Å². The Hall–Kier alpha value is -0.750. The summed E-state index contributed by atoms with van der Waals surface area (Å²) in [4.78, 5) is 11.8. The van der Waals surface area contributed by atoms with E-state index < -0.39 is 17.3 Å². The van der Waals surface area contributed by atoms with E-state index in [9.17, 15) is 13.6 Å². The standard InChI is InChI=1S/C19H32F2O4/c1-23-17(22)18(14-19(20,21)15-18)11-7-4-2-3-5-8-12-24-16-10-6-9-13-25-16/h16H,2-15H2,1H3. The molecule has 1 aliphatic heterocycles. The zero-order valence-corrected chi connectivity index (χ0v) is 15.4. The van der Waals surface area contributed by atoms with E-state index in [-0.39, 0.29) is 19.1 Å². The lowest BCUT2D eigenvalue weighted by molar-refractivity contribution is -0.198. The predicted molar refractivity (Wildman–Crippen MR) is 90.5 cm³/mol. The highest BCUT2D eigenvalue weighted by molar-refractivity contribution is 5.78. The normalized spacial score (nSPS) is 24.5. The largest absolute Gasteiger partial charge is 0.469 e. The Morgan fingerprint density at radius 2 is 1.76 bits per heavy atom. The van der Waals surface area contributed by atoms with Crippen molar-refractivity contribution in [2.75, 3.05) is 20.3 Å². The molecule has 0 N–H and O–H groups in total. The molecule has 0 bridgehead atoms. The first-order valence-electron chi connectivity index (χ1n) is 9.67. The van der Waals surface area contributed by atoms with Crippen LogP contribution in [-0.2, 0) is 19.0 Å². The number of carbonyl (C=O) groups is 1. The molecule has 1 saturated carbocycles. The summed E-state index contributed by atoms with van der Waals surface area (Å²) in [7, 11) is 1.28. The fraction of sp³-hybridized carbons (Fsp3) is 0.947. The Bertz CT molecular complexity index is 400. The van der Waals surface area contributed by atoms with Gasteiger partial charge in [0.2, 0.25) is 5.92 Å². The first-order chi connectivity index (χ1) is 12.0. The molecule has 6 heteroatoms. The lowest BCUT2D eigenvalue weighted by atomic mass is 9.63. The van der Waals surface area contributed by atoms with Gasteiger partial charge in [0.05, 0.1) is 12.5 Å². The van der Waals surface area contributed by atoms with Crippen molar-refractivity contribution in [3.8, 4) is 0 Å². The molecule has 25 heavy (non-hydrogen) atoms. The molecule has 1 aliphatic carbocycles. The fourth-order valence-corrected chi connectivity index (χ4v) is 3.91. The molecule has 0 aromatic rings. The molecule has 4 nitrogen and oxygen atoms in total. The lowest BCUT2D eigenvalue weighted by Gasteiger charge is -2.44. The quantitative estimate of drug-likeness (QED) is 0.389. The summed E-state index contributed by atoms with van der Waals surface area (Å²) in [6.45, 7) is 1.55. The van der Waals surface area contributed by atoms with Crippen LogP contribution < -0.4 is 0 Å². The maximum absolute atomic E-state index is 13.2. The van der Waals surface area contributed by atoms with Gasteiger partial charge in [-0.2, -0.15) is 0 Å². The van der Waals surface area contributed by atoms with E-state index in [0.29, 0.717) is 6.42 Å². The molecular weight excluding hydrogens is 330 g/mol. The maximum Gasteiger partial charge on any atom is 0.312 e. The van der Waals surface area contributed by atoms with Gasteiger partial charge >= 0.3 is 5.97 Å². The summed E-state index contributed by atoms with van der Waals surface area (Å²) < 4.78 is 42.3. The molecule has 0 aromatic carbocycles. The van der Waals surface area contributed by atoms with Crippen LogP contribution in [0.25, 0.3) is 0 Å². The van der Waals surface area contributed by atoms with E-state index in [2.05, 4.69) is 0 Å². The van der Waals surface area contributed by atoms with Crippen LogP contribution in [-0.4, -0.2) is 38.5 Å². The number of methoxy groups -OCH3 is 1. The zero-order valence-electron chi connectivity index (χ0n) is 15.4. The molecule has 1 saturated heterocycles. The highest BCUT2D eigenvalue weighted by Gasteiger charge is 2.60. The monoisotopic (exact) mass is 362 g/mol. The minimum Gasteiger partial charge on any atom is -0.469 e. The summed E-state index contributed by atoms with van der Waals surface area (Å²) in [5.41, 5.74) is -0.938. The molecule has 146 valence electrons. The molecule has 0 radical (unpaired) electrons. The van der Waals surface area contributed by atoms with Crippen LogP contribution in [0.2, 0.25) is 0 Å². The number of carbonyl (C=O) groups excluding carboxylic acids is 1. The Morgan fingerprint density at radius 3 is 2.36 bits per heavy atom. The van der Waals surface area contributed by atoms with Gasteiger partial charge in [-0.25, -0.2) is 8.78 Å². The van der Waals surface area contributed by atoms with Gasteiger partial charge in [0.1, 0.15) is 0 Å². The summed E-state index contributed by atoms with van der Waals surface area (Å²) in [6.07, 6.45) is 9.18. The van der Waals surface area contributed by atoms with E-state index in [1.807, 2.05) is 0 Å². The molecule has 0 amide bonds. The number of unbranched alkanes of at least 4 members (excludes halogenated alkanes) is 5. The van der Waals surface area contributed by atoms with Gasteiger partial charge in [0.25, 0.3) is 0 Å². The molecule has 1 unspecified atom stereocenters. The van der Waals surface area contributed by atoms with Crippen molar-refractivity contribution in [2.24, 2.45) is 5.41 Å². The Kier molecular flexibility index (Phi) is 8.07. The van der Waals surface area contributed by atoms with E-state index in [4.69, 9.17) is 14.2 Å². The van der Waals surface area contributed by atoms with Crippen molar-refractivity contribution >= 4 is 5.97 Å². The third kappa shape index (κ3) is 6.48. The number of esters is 1. The lowest BCUT2D eigenvalue weighted by Crippen LogP contribution is -2.51. The average Bonchev–Trinajstić information content (AvgIpc) is 2.58. The van der Waals surface area contributed by atoms with Crippen molar-refractivity contribution in [3.63, 3.8) is 0 Å². The summed E-state index contributed by atoms with van der Waals surface area (Å²) >= 11 is 0. The number of hydrogen-bond donors (Lipinski definition) is 0. The van der Waals surface area contributed by atoms with Crippen molar-refractivity contribution in [1.82, 2.24) is 0 Å². The fourth-order valence-electron chi connectivity index (χ4n) is 3.91. The maximum atomic E-state index is 13.2. The second kappa shape index (κ2) is 9.81. The predicted octanol–water partition coefficient (Wildman–Crippen LogP) is 4.85. The van der Waals surface area contributed by atoms with Crippen LogP contribution >= 0.6 is 0 Å². The van der Waals surface area contributed by atoms with Crippen LogP contribution in [0.1, 0.15) is 77.0 Å². The van der Waals surface area contributed by atoms with E-state index in [0.717, 1.165) is 64.6 Å². The molecule has 2 rings (SSSR count). The van der Waals surface area contributed by atoms with Gasteiger partial charge in [-0.05, 0) is 32.1 Å². The first-order valence-corrected chi connectivity index (χ1v) is 9.67. The van der Waals surface area contributed by atoms with Crippen molar-refractivity contribution < 1.29 is 27.8 Å². The highest BCUT2D eigenvalue weighted by Crippen LogP contribution is 2.55. The number of rotatable bonds is 11. The Morgan fingerprint density at radius 1 is 1.08 bits per heavy atom. The highest BCUT2D eigenvalue weighted by atomic mass is 19.3. The Balaban J connectivity index is 1.46. The van der Waals surface area contributed by atoms with Crippen LogP contribution in [0, 0.1) is 5.41 Å². The zero-order chi connectivity index (χ0) is 18.2. The molecule has 0 aromatic heterocycles. The summed E-state index contributed by atoms with van der Waals surface area (Å²) in [5, 5.41) is 0. The number of alkyl halides is 2. The van der Waals surface area contributed by atoms with E-state index in [1.165, 1.54) is 13.5 Å². The second-order valence-corrected chi connectivity index (χ2v) is 7.52. The molecule has 1 heterocycles. The molecule has 2 fully saturated rings.